The molecule has 0 saturated carbocycles. The summed E-state index contributed by atoms with van der Waals surface area (Å²) in [4.78, 5) is 9.15. The zero-order valence-electron chi connectivity index (χ0n) is 19.1. The number of aliphatic hydroxyl groups excluding tert-OH is 4. The molecule has 1 saturated heterocycles. The van der Waals surface area contributed by atoms with E-state index in [1.54, 1.807) is 0 Å². The number of nitrogens with zero attached hydrogens (tertiary/aromatic N) is 4. The van der Waals surface area contributed by atoms with Gasteiger partial charge < -0.3 is 20.4 Å². The van der Waals surface area contributed by atoms with E-state index in [0.29, 0.717) is 26.2 Å². The van der Waals surface area contributed by atoms with Gasteiger partial charge in [0.05, 0.1) is 24.4 Å². The molecule has 0 aliphatic carbocycles. The maximum atomic E-state index is 9.90. The van der Waals surface area contributed by atoms with E-state index in [1.165, 1.54) is 0 Å². The van der Waals surface area contributed by atoms with Gasteiger partial charge in [0, 0.05) is 65.4 Å². The zero-order valence-corrected chi connectivity index (χ0v) is 19.1. The summed E-state index contributed by atoms with van der Waals surface area (Å²) in [6, 6.07) is 0. The van der Waals surface area contributed by atoms with Crippen LogP contribution in [-0.4, -0.2) is 143 Å². The average Bonchev–Trinajstić information content (AvgIpc) is 2.59. The summed E-state index contributed by atoms with van der Waals surface area (Å²) in [5.41, 5.74) is 0. The van der Waals surface area contributed by atoms with E-state index in [9.17, 15) is 20.4 Å². The number of rotatable bonds is 8. The topological polar surface area (TPSA) is 93.9 Å². The first kappa shape index (κ1) is 26.7. The van der Waals surface area contributed by atoms with Gasteiger partial charge >= 0.3 is 0 Å². The van der Waals surface area contributed by atoms with Crippen LogP contribution in [0.15, 0.2) is 0 Å². The first-order chi connectivity index (χ1) is 13.7. The minimum absolute atomic E-state index is 0.369. The molecule has 1 heterocycles. The summed E-state index contributed by atoms with van der Waals surface area (Å²) in [6.07, 6.45) is -0.533. The largest absolute Gasteiger partial charge is 0.392 e. The molecule has 0 aromatic heterocycles. The maximum Gasteiger partial charge on any atom is 0.0639 e. The van der Waals surface area contributed by atoms with Crippen LogP contribution in [0.4, 0.5) is 0 Å². The van der Waals surface area contributed by atoms with Crippen molar-refractivity contribution in [3.05, 3.63) is 0 Å². The fraction of sp³-hybridized carbons (Fsp3) is 1.00. The first-order valence-corrected chi connectivity index (χ1v) is 11.3. The quantitative estimate of drug-likeness (QED) is 0.404. The van der Waals surface area contributed by atoms with Crippen LogP contribution in [0.1, 0.15) is 34.1 Å². The van der Waals surface area contributed by atoms with Gasteiger partial charge in [0.25, 0.3) is 0 Å². The Labute approximate surface area is 177 Å². The molecular weight excluding hydrogens is 372 g/mol. The van der Waals surface area contributed by atoms with E-state index < -0.39 is 0 Å². The van der Waals surface area contributed by atoms with E-state index in [0.717, 1.165) is 58.8 Å². The van der Waals surface area contributed by atoms with Crippen LogP contribution in [-0.2, 0) is 0 Å². The van der Waals surface area contributed by atoms with Gasteiger partial charge in [-0.1, -0.05) is 0 Å². The molecule has 8 nitrogen and oxygen atoms in total. The second-order valence-electron chi connectivity index (χ2n) is 8.95. The summed E-state index contributed by atoms with van der Waals surface area (Å²) in [7, 11) is 0. The number of aliphatic hydroxyl groups is 4. The van der Waals surface area contributed by atoms with Crippen molar-refractivity contribution < 1.29 is 20.4 Å². The van der Waals surface area contributed by atoms with Gasteiger partial charge in [-0.3, -0.25) is 19.6 Å². The smallest absolute Gasteiger partial charge is 0.0639 e. The highest BCUT2D eigenvalue weighted by molar-refractivity contribution is 4.74. The third-order valence-corrected chi connectivity index (χ3v) is 5.24. The lowest BCUT2D eigenvalue weighted by molar-refractivity contribution is 0.0801. The SMILES string of the molecule is C[C@H](O)CN1CCCN(C[C@H](C)O)CCN(C[C@H](C)O)CCN(C[C@H](C)O)CC1. The Morgan fingerprint density at radius 1 is 0.448 bits per heavy atom. The molecule has 0 amide bonds. The van der Waals surface area contributed by atoms with E-state index in [-0.39, 0.29) is 24.4 Å². The molecule has 29 heavy (non-hydrogen) atoms. The lowest BCUT2D eigenvalue weighted by Gasteiger charge is -2.31. The van der Waals surface area contributed by atoms with Crippen molar-refractivity contribution in [2.24, 2.45) is 0 Å². The Balaban J connectivity index is 2.86. The highest BCUT2D eigenvalue weighted by Crippen LogP contribution is 2.05. The third kappa shape index (κ3) is 13.6. The van der Waals surface area contributed by atoms with E-state index in [4.69, 9.17) is 0 Å². The summed E-state index contributed by atoms with van der Waals surface area (Å²) in [5.74, 6) is 0. The van der Waals surface area contributed by atoms with Gasteiger partial charge in [-0.25, -0.2) is 0 Å². The van der Waals surface area contributed by atoms with E-state index >= 15 is 0 Å². The summed E-state index contributed by atoms with van der Waals surface area (Å²) in [5, 5.41) is 39.5. The first-order valence-electron chi connectivity index (χ1n) is 11.3. The fourth-order valence-corrected chi connectivity index (χ4v) is 4.04. The number of β-amino-alcohol motifs (C(OH)–C–C–N with tert-alkyl or cyclic N) is 4. The van der Waals surface area contributed by atoms with Crippen LogP contribution in [0.5, 0.6) is 0 Å². The van der Waals surface area contributed by atoms with Gasteiger partial charge in [-0.05, 0) is 47.2 Å². The minimum Gasteiger partial charge on any atom is -0.392 e. The van der Waals surface area contributed by atoms with Crippen LogP contribution in [0.25, 0.3) is 0 Å². The monoisotopic (exact) mass is 418 g/mol. The zero-order chi connectivity index (χ0) is 21.8. The molecule has 174 valence electrons. The lowest BCUT2D eigenvalue weighted by Crippen LogP contribution is -2.45. The molecule has 8 heteroatoms. The van der Waals surface area contributed by atoms with Crippen LogP contribution in [0.2, 0.25) is 0 Å². The second kappa shape index (κ2) is 14.6. The Kier molecular flexibility index (Phi) is 13.5. The minimum atomic E-state index is -0.386. The van der Waals surface area contributed by atoms with Crippen molar-refractivity contribution in [2.75, 3.05) is 78.5 Å². The second-order valence-corrected chi connectivity index (χ2v) is 8.95. The van der Waals surface area contributed by atoms with Crippen molar-refractivity contribution in [1.82, 2.24) is 19.6 Å². The normalized spacial score (nSPS) is 24.8. The van der Waals surface area contributed by atoms with Crippen molar-refractivity contribution in [2.45, 2.75) is 58.5 Å². The molecule has 1 aliphatic rings. The summed E-state index contributed by atoms with van der Waals surface area (Å²) >= 11 is 0. The van der Waals surface area contributed by atoms with Crippen LogP contribution >= 0.6 is 0 Å². The predicted octanol–water partition coefficient (Wildman–Crippen LogP) is -0.879. The molecule has 0 aromatic carbocycles. The Bertz CT molecular complexity index is 374. The molecule has 1 rings (SSSR count). The molecule has 4 N–H and O–H groups in total. The Morgan fingerprint density at radius 2 is 0.655 bits per heavy atom. The summed E-state index contributed by atoms with van der Waals surface area (Å²) in [6.45, 7) is 16.7. The van der Waals surface area contributed by atoms with Gasteiger partial charge in [-0.15, -0.1) is 0 Å². The summed E-state index contributed by atoms with van der Waals surface area (Å²) < 4.78 is 0. The van der Waals surface area contributed by atoms with Crippen LogP contribution in [0.3, 0.4) is 0 Å². The molecule has 0 aromatic rings. The van der Waals surface area contributed by atoms with Crippen molar-refractivity contribution in [1.29, 1.82) is 0 Å². The van der Waals surface area contributed by atoms with Crippen LogP contribution in [0, 0.1) is 0 Å². The third-order valence-electron chi connectivity index (χ3n) is 5.24. The van der Waals surface area contributed by atoms with Gasteiger partial charge in [0.15, 0.2) is 0 Å². The maximum absolute atomic E-state index is 9.90. The highest BCUT2D eigenvalue weighted by atomic mass is 16.3. The average molecular weight is 419 g/mol. The van der Waals surface area contributed by atoms with E-state index in [2.05, 4.69) is 19.6 Å². The van der Waals surface area contributed by atoms with Crippen molar-refractivity contribution >= 4 is 0 Å². The van der Waals surface area contributed by atoms with Gasteiger partial charge in [-0.2, -0.15) is 0 Å². The standard InChI is InChI=1S/C21H46N4O4/c1-18(26)14-22-6-5-7-23(15-19(2)27)9-11-25(17-21(4)29)13-12-24(10-8-22)16-20(3)28/h18-21,26-29H,5-17H2,1-4H3/t18-,19-,20-,21-/m0/s1. The van der Waals surface area contributed by atoms with Crippen molar-refractivity contribution in [3.8, 4) is 0 Å². The van der Waals surface area contributed by atoms with Crippen molar-refractivity contribution in [3.63, 3.8) is 0 Å². The van der Waals surface area contributed by atoms with E-state index in [1.807, 2.05) is 27.7 Å². The Hall–Kier alpha value is -0.320. The predicted molar refractivity (Wildman–Crippen MR) is 117 cm³/mol. The Morgan fingerprint density at radius 3 is 0.862 bits per heavy atom. The lowest BCUT2D eigenvalue weighted by atomic mass is 10.2. The molecule has 4 atom stereocenters. The molecule has 0 radical (unpaired) electrons. The van der Waals surface area contributed by atoms with Gasteiger partial charge in [0.1, 0.15) is 0 Å². The number of hydrogen-bond acceptors (Lipinski definition) is 8. The molecule has 0 spiro atoms. The molecule has 0 unspecified atom stereocenters. The molecular formula is C21H46N4O4. The molecule has 1 fully saturated rings. The fourth-order valence-electron chi connectivity index (χ4n) is 4.04. The molecule has 0 bridgehead atoms. The molecule has 1 aliphatic heterocycles. The van der Waals surface area contributed by atoms with Crippen LogP contribution < -0.4 is 0 Å². The van der Waals surface area contributed by atoms with Gasteiger partial charge in [0.2, 0.25) is 0 Å². The number of hydrogen-bond donors (Lipinski definition) is 4. The highest BCUT2D eigenvalue weighted by Gasteiger charge is 2.18.